The molecule has 1 saturated heterocycles. The third kappa shape index (κ3) is 5.72. The average molecular weight is 490 g/mol. The molecule has 6 nitrogen and oxygen atoms in total. The van der Waals surface area contributed by atoms with E-state index < -0.39 is 5.97 Å². The summed E-state index contributed by atoms with van der Waals surface area (Å²) in [6, 6.07) is 12.1. The lowest BCUT2D eigenvalue weighted by Gasteiger charge is -2.30. The number of likely N-dealkylation sites (tertiary alicyclic amines) is 1. The van der Waals surface area contributed by atoms with E-state index in [0.717, 1.165) is 41.5 Å². The van der Waals surface area contributed by atoms with Gasteiger partial charge in [-0.15, -0.1) is 11.3 Å². The van der Waals surface area contributed by atoms with E-state index in [9.17, 15) is 9.90 Å². The predicted molar refractivity (Wildman–Crippen MR) is 140 cm³/mol. The van der Waals surface area contributed by atoms with E-state index in [1.54, 1.807) is 11.3 Å². The van der Waals surface area contributed by atoms with E-state index in [4.69, 9.17) is 11.3 Å². The number of aromatic nitrogens is 1. The number of hydrogen-bond acceptors (Lipinski definition) is 5. The van der Waals surface area contributed by atoms with Crippen LogP contribution >= 0.6 is 11.3 Å². The second kappa shape index (κ2) is 11.0. The van der Waals surface area contributed by atoms with Gasteiger partial charge in [-0.1, -0.05) is 31.2 Å². The molecule has 2 aromatic carbocycles. The first-order chi connectivity index (χ1) is 16.9. The summed E-state index contributed by atoms with van der Waals surface area (Å²) in [5, 5.41) is 10.2. The number of piperidine rings is 1. The molecule has 182 valence electrons. The van der Waals surface area contributed by atoms with Crippen molar-refractivity contribution in [2.24, 2.45) is 5.92 Å². The van der Waals surface area contributed by atoms with Gasteiger partial charge in [0.1, 0.15) is 10.8 Å². The predicted octanol–water partition coefficient (Wildman–Crippen LogP) is 6.67. The van der Waals surface area contributed by atoms with Crippen molar-refractivity contribution in [2.75, 3.05) is 13.1 Å². The van der Waals surface area contributed by atoms with Gasteiger partial charge in [-0.05, 0) is 75.0 Å². The van der Waals surface area contributed by atoms with Crippen molar-refractivity contribution in [1.82, 2.24) is 9.88 Å². The molecule has 1 fully saturated rings. The Morgan fingerprint density at radius 2 is 2.06 bits per heavy atom. The van der Waals surface area contributed by atoms with E-state index in [-0.39, 0.29) is 12.0 Å². The van der Waals surface area contributed by atoms with E-state index in [1.807, 2.05) is 38.2 Å². The fourth-order valence-corrected chi connectivity index (χ4v) is 5.60. The molecule has 35 heavy (non-hydrogen) atoms. The van der Waals surface area contributed by atoms with E-state index in [1.165, 1.54) is 16.7 Å². The second-order valence-corrected chi connectivity index (χ2v) is 10.2. The zero-order chi connectivity index (χ0) is 24.9. The zero-order valence-electron chi connectivity index (χ0n) is 20.5. The van der Waals surface area contributed by atoms with Gasteiger partial charge in [0.15, 0.2) is 0 Å². The molecule has 3 aromatic rings. The molecule has 1 aliphatic heterocycles. The van der Waals surface area contributed by atoms with Gasteiger partial charge in [0, 0.05) is 18.3 Å². The molecule has 0 spiro atoms. The Hall–Kier alpha value is -3.21. The van der Waals surface area contributed by atoms with Crippen molar-refractivity contribution < 1.29 is 14.6 Å². The Kier molecular flexibility index (Phi) is 7.84. The molecule has 2 heterocycles. The fraction of sp³-hybridized carbons (Fsp3) is 0.393. The molecular weight excluding hydrogens is 458 g/mol. The number of rotatable bonds is 8. The van der Waals surface area contributed by atoms with Crippen LogP contribution in [0.3, 0.4) is 0 Å². The van der Waals surface area contributed by atoms with Crippen molar-refractivity contribution in [3.05, 3.63) is 65.1 Å². The minimum atomic E-state index is -0.674. The van der Waals surface area contributed by atoms with Gasteiger partial charge in [-0.2, -0.15) is 0 Å². The van der Waals surface area contributed by atoms with Crippen LogP contribution in [0.1, 0.15) is 44.7 Å². The maximum absolute atomic E-state index is 11.3. The lowest BCUT2D eigenvalue weighted by atomic mass is 9.94. The minimum Gasteiger partial charge on any atom is -0.502 e. The molecule has 0 saturated carbocycles. The third-order valence-corrected chi connectivity index (χ3v) is 7.50. The van der Waals surface area contributed by atoms with Crippen LogP contribution < -0.4 is 4.74 Å². The Balaban J connectivity index is 1.57. The Bertz CT molecular complexity index is 1240. The highest BCUT2D eigenvalue weighted by molar-refractivity contribution is 7.18. The lowest BCUT2D eigenvalue weighted by molar-refractivity contribution is -0.143. The zero-order valence-corrected chi connectivity index (χ0v) is 21.3. The third-order valence-electron chi connectivity index (χ3n) is 6.42. The average Bonchev–Trinajstić information content (AvgIpc) is 3.34. The van der Waals surface area contributed by atoms with Crippen LogP contribution in [-0.2, 0) is 17.8 Å². The maximum Gasteiger partial charge on any atom is 0.306 e. The quantitative estimate of drug-likeness (QED) is 0.358. The Labute approximate surface area is 211 Å². The summed E-state index contributed by atoms with van der Waals surface area (Å²) >= 11 is 1.63. The number of hydrogen-bond donors (Lipinski definition) is 1. The molecule has 0 unspecified atom stereocenters. The second-order valence-electron chi connectivity index (χ2n) is 9.18. The van der Waals surface area contributed by atoms with Crippen LogP contribution in [0.4, 0.5) is 5.69 Å². The maximum atomic E-state index is 11.3. The number of aliphatic carboxylic acids is 1. The first-order valence-corrected chi connectivity index (χ1v) is 12.9. The Morgan fingerprint density at radius 3 is 2.71 bits per heavy atom. The highest BCUT2D eigenvalue weighted by atomic mass is 32.1. The number of carboxylic acid groups (broad SMARTS) is 1. The van der Waals surface area contributed by atoms with E-state index in [2.05, 4.69) is 39.9 Å². The van der Waals surface area contributed by atoms with Crippen LogP contribution in [0, 0.1) is 12.5 Å². The highest BCUT2D eigenvalue weighted by Gasteiger charge is 2.25. The van der Waals surface area contributed by atoms with Crippen molar-refractivity contribution >= 4 is 23.0 Å². The molecule has 0 bridgehead atoms. The number of benzene rings is 2. The molecule has 0 radical (unpaired) electrons. The number of nitrogens with zero attached hydrogens (tertiary/aromatic N) is 3. The summed E-state index contributed by atoms with van der Waals surface area (Å²) in [5.41, 5.74) is 5.21. The molecule has 0 atom stereocenters. The van der Waals surface area contributed by atoms with E-state index in [0.29, 0.717) is 24.3 Å². The first-order valence-electron chi connectivity index (χ1n) is 12.1. The summed E-state index contributed by atoms with van der Waals surface area (Å²) in [4.78, 5) is 23.1. The number of carboxylic acids is 1. The molecule has 1 aromatic heterocycles. The monoisotopic (exact) mass is 489 g/mol. The SMILES string of the molecule is [C-]#[N+]c1cc(-c2ncc(-c3cccc(CN4CCC(C(=O)O)CC4)c3CC)s2)ccc1OC(C)C. The summed E-state index contributed by atoms with van der Waals surface area (Å²) < 4.78 is 5.76. The number of ether oxygens (including phenoxy) is 1. The summed E-state index contributed by atoms with van der Waals surface area (Å²) in [7, 11) is 0. The molecule has 1 N–H and O–H groups in total. The van der Waals surface area contributed by atoms with Crippen molar-refractivity contribution in [1.29, 1.82) is 0 Å². The molecule has 4 rings (SSSR count). The van der Waals surface area contributed by atoms with Crippen molar-refractivity contribution in [3.63, 3.8) is 0 Å². The smallest absolute Gasteiger partial charge is 0.306 e. The molecular formula is C28H31N3O3S. The van der Waals surface area contributed by atoms with Gasteiger partial charge in [-0.3, -0.25) is 9.69 Å². The van der Waals surface area contributed by atoms with Crippen LogP contribution in [0.5, 0.6) is 5.75 Å². The number of thiazole rings is 1. The normalized spacial score (nSPS) is 14.7. The van der Waals surface area contributed by atoms with E-state index >= 15 is 0 Å². The van der Waals surface area contributed by atoms with Gasteiger partial charge in [0.25, 0.3) is 0 Å². The first kappa shape index (κ1) is 24.9. The van der Waals surface area contributed by atoms with Gasteiger partial charge < -0.3 is 9.84 Å². The van der Waals surface area contributed by atoms with Crippen LogP contribution in [0.15, 0.2) is 42.6 Å². The Morgan fingerprint density at radius 1 is 1.29 bits per heavy atom. The van der Waals surface area contributed by atoms with Gasteiger partial charge in [0.2, 0.25) is 5.69 Å². The van der Waals surface area contributed by atoms with Crippen LogP contribution in [0.25, 0.3) is 25.9 Å². The van der Waals surface area contributed by atoms with Crippen LogP contribution in [-0.4, -0.2) is 40.2 Å². The van der Waals surface area contributed by atoms with Gasteiger partial charge in [-0.25, -0.2) is 9.83 Å². The van der Waals surface area contributed by atoms with Crippen molar-refractivity contribution in [2.45, 2.75) is 52.7 Å². The summed E-state index contributed by atoms with van der Waals surface area (Å²) in [6.07, 6.45) is 4.26. The van der Waals surface area contributed by atoms with Crippen molar-refractivity contribution in [3.8, 4) is 26.8 Å². The van der Waals surface area contributed by atoms with Gasteiger partial charge >= 0.3 is 5.97 Å². The minimum absolute atomic E-state index is 0.0103. The summed E-state index contributed by atoms with van der Waals surface area (Å²) in [5.74, 6) is -0.287. The summed E-state index contributed by atoms with van der Waals surface area (Å²) in [6.45, 7) is 16.1. The highest BCUT2D eigenvalue weighted by Crippen LogP contribution is 2.39. The fourth-order valence-electron chi connectivity index (χ4n) is 4.63. The van der Waals surface area contributed by atoms with Gasteiger partial charge in [0.05, 0.1) is 23.5 Å². The molecule has 1 aliphatic rings. The number of carbonyl (C=O) groups is 1. The topological polar surface area (TPSA) is 67.0 Å². The largest absolute Gasteiger partial charge is 0.502 e. The molecule has 7 heteroatoms. The molecule has 0 aliphatic carbocycles. The molecule has 0 amide bonds. The standard InChI is InChI=1S/C28H31N3O3S/c1-5-22-21(17-31-13-11-19(12-14-31)28(32)33)7-6-8-23(22)26-16-30-27(35-26)20-9-10-25(34-18(2)3)24(15-20)29-4/h6-10,15-16,18-19H,5,11-14,17H2,1-3H3,(H,32,33). The lowest BCUT2D eigenvalue weighted by Crippen LogP contribution is -2.36. The van der Waals surface area contributed by atoms with Crippen LogP contribution in [0.2, 0.25) is 0 Å².